The molecular formula is C19H19N3O6. The summed E-state index contributed by atoms with van der Waals surface area (Å²) in [6.07, 6.45) is 1.36. The molecule has 2 heterocycles. The summed E-state index contributed by atoms with van der Waals surface area (Å²) in [7, 11) is 0. The first-order valence-corrected chi connectivity index (χ1v) is 8.55. The van der Waals surface area contributed by atoms with Crippen molar-refractivity contribution in [2.24, 2.45) is 0 Å². The highest BCUT2D eigenvalue weighted by Gasteiger charge is 2.23. The van der Waals surface area contributed by atoms with Gasteiger partial charge in [0.25, 0.3) is 5.91 Å². The summed E-state index contributed by atoms with van der Waals surface area (Å²) in [5.74, 6) is -1.38. The first kappa shape index (κ1) is 19.3. The molecule has 0 saturated carbocycles. The van der Waals surface area contributed by atoms with Gasteiger partial charge in [-0.05, 0) is 18.6 Å². The Morgan fingerprint density at radius 2 is 1.96 bits per heavy atom. The molecule has 0 spiro atoms. The highest BCUT2D eigenvalue weighted by atomic mass is 17.2. The molecule has 28 heavy (non-hydrogen) atoms. The molecule has 0 aliphatic carbocycles. The summed E-state index contributed by atoms with van der Waals surface area (Å²) in [4.78, 5) is 38.6. The van der Waals surface area contributed by atoms with Crippen molar-refractivity contribution >= 4 is 16.9 Å². The van der Waals surface area contributed by atoms with E-state index in [2.05, 4.69) is 10.3 Å². The predicted molar refractivity (Wildman–Crippen MR) is 98.9 cm³/mol. The standard InChI is InChI=1S/C19H19N3O6/c1-2-27-28-11-13-8-14-16(23)15(19(25)22(26)17(14)20-10-13)18(24)21-9-12-6-4-3-5-7-12/h3-8,10,23,26H,2,9,11H2,1H3,(H,21,24). The summed E-state index contributed by atoms with van der Waals surface area (Å²) in [5, 5.41) is 23.2. The third-order valence-corrected chi connectivity index (χ3v) is 3.97. The number of carbonyl (C=O) groups is 1. The Hall–Kier alpha value is -3.43. The third-order valence-electron chi connectivity index (χ3n) is 3.97. The van der Waals surface area contributed by atoms with Gasteiger partial charge in [0.15, 0.2) is 11.2 Å². The van der Waals surface area contributed by atoms with Gasteiger partial charge in [-0.15, -0.1) is 4.73 Å². The molecule has 146 valence electrons. The Balaban J connectivity index is 1.94. The van der Waals surface area contributed by atoms with E-state index in [0.29, 0.717) is 12.2 Å². The fourth-order valence-electron chi connectivity index (χ4n) is 2.63. The average Bonchev–Trinajstić information content (AvgIpc) is 2.71. The molecule has 2 aromatic heterocycles. The van der Waals surface area contributed by atoms with Gasteiger partial charge in [-0.25, -0.2) is 14.8 Å². The zero-order valence-electron chi connectivity index (χ0n) is 15.1. The van der Waals surface area contributed by atoms with Crippen LogP contribution in [0.4, 0.5) is 0 Å². The number of pyridine rings is 2. The van der Waals surface area contributed by atoms with Crippen LogP contribution in [0, 0.1) is 0 Å². The van der Waals surface area contributed by atoms with Gasteiger partial charge in [-0.1, -0.05) is 30.3 Å². The highest BCUT2D eigenvalue weighted by molar-refractivity contribution is 6.01. The van der Waals surface area contributed by atoms with Crippen molar-refractivity contribution in [3.8, 4) is 5.75 Å². The number of benzene rings is 1. The first-order chi connectivity index (χ1) is 13.5. The van der Waals surface area contributed by atoms with Gasteiger partial charge in [0, 0.05) is 18.3 Å². The van der Waals surface area contributed by atoms with E-state index >= 15 is 0 Å². The molecule has 3 rings (SSSR count). The van der Waals surface area contributed by atoms with Crippen molar-refractivity contribution < 1.29 is 24.9 Å². The Labute approximate surface area is 159 Å². The zero-order chi connectivity index (χ0) is 20.1. The second-order valence-electron chi connectivity index (χ2n) is 5.89. The lowest BCUT2D eigenvalue weighted by Crippen LogP contribution is -2.32. The van der Waals surface area contributed by atoms with E-state index in [1.165, 1.54) is 12.3 Å². The summed E-state index contributed by atoms with van der Waals surface area (Å²) in [5.41, 5.74) is -0.484. The lowest BCUT2D eigenvalue weighted by Gasteiger charge is -2.11. The van der Waals surface area contributed by atoms with E-state index in [-0.39, 0.29) is 28.9 Å². The van der Waals surface area contributed by atoms with Crippen LogP contribution in [0.2, 0.25) is 0 Å². The molecule has 9 nitrogen and oxygen atoms in total. The third kappa shape index (κ3) is 3.95. The van der Waals surface area contributed by atoms with Gasteiger partial charge in [0.05, 0.1) is 12.0 Å². The van der Waals surface area contributed by atoms with Crippen LogP contribution in [0.3, 0.4) is 0 Å². The molecular weight excluding hydrogens is 366 g/mol. The van der Waals surface area contributed by atoms with Gasteiger partial charge in [-0.2, -0.15) is 0 Å². The molecule has 0 fully saturated rings. The van der Waals surface area contributed by atoms with E-state index in [0.717, 1.165) is 5.56 Å². The molecule has 1 amide bonds. The molecule has 3 aromatic rings. The van der Waals surface area contributed by atoms with Gasteiger partial charge in [-0.3, -0.25) is 9.59 Å². The zero-order valence-corrected chi connectivity index (χ0v) is 15.1. The van der Waals surface area contributed by atoms with Gasteiger partial charge < -0.3 is 15.6 Å². The number of carbonyl (C=O) groups excluding carboxylic acids is 1. The summed E-state index contributed by atoms with van der Waals surface area (Å²) in [6, 6.07) is 10.5. The average molecular weight is 385 g/mol. The van der Waals surface area contributed by atoms with Gasteiger partial charge >= 0.3 is 5.56 Å². The molecule has 9 heteroatoms. The van der Waals surface area contributed by atoms with E-state index in [9.17, 15) is 19.9 Å². The Bertz CT molecular complexity index is 1050. The molecule has 0 bridgehead atoms. The van der Waals surface area contributed by atoms with Crippen LogP contribution in [0.25, 0.3) is 11.0 Å². The Morgan fingerprint density at radius 3 is 2.68 bits per heavy atom. The monoisotopic (exact) mass is 385 g/mol. The second-order valence-corrected chi connectivity index (χ2v) is 5.89. The van der Waals surface area contributed by atoms with E-state index in [4.69, 9.17) is 9.78 Å². The fraction of sp³-hybridized carbons (Fsp3) is 0.211. The van der Waals surface area contributed by atoms with Crippen LogP contribution in [0.15, 0.2) is 47.4 Å². The van der Waals surface area contributed by atoms with E-state index in [1.54, 1.807) is 19.1 Å². The quantitative estimate of drug-likeness (QED) is 0.245. The SMILES string of the molecule is CCOOCc1cnc2c(c1)c(O)c(C(=O)NCc1ccccc1)c(=O)n2O. The summed E-state index contributed by atoms with van der Waals surface area (Å²) in [6.45, 7) is 2.31. The molecule has 1 aromatic carbocycles. The van der Waals surface area contributed by atoms with Crippen molar-refractivity contribution in [3.63, 3.8) is 0 Å². The van der Waals surface area contributed by atoms with Crippen LogP contribution in [-0.4, -0.2) is 32.5 Å². The van der Waals surface area contributed by atoms with E-state index in [1.807, 2.05) is 18.2 Å². The second kappa shape index (κ2) is 8.51. The van der Waals surface area contributed by atoms with Crippen LogP contribution in [0.5, 0.6) is 5.75 Å². The van der Waals surface area contributed by atoms with E-state index < -0.39 is 22.8 Å². The fourth-order valence-corrected chi connectivity index (χ4v) is 2.63. The number of nitrogens with one attached hydrogen (secondary N) is 1. The minimum atomic E-state index is -1.07. The minimum absolute atomic E-state index is 0.0320. The molecule has 0 aliphatic heterocycles. The van der Waals surface area contributed by atoms with Crippen LogP contribution in [0.1, 0.15) is 28.4 Å². The molecule has 0 atom stereocenters. The lowest BCUT2D eigenvalue weighted by atomic mass is 10.1. The van der Waals surface area contributed by atoms with Crippen molar-refractivity contribution in [1.82, 2.24) is 15.0 Å². The topological polar surface area (TPSA) is 123 Å². The predicted octanol–water partition coefficient (Wildman–Crippen LogP) is 1.74. The maximum absolute atomic E-state index is 12.5. The summed E-state index contributed by atoms with van der Waals surface area (Å²) >= 11 is 0. The van der Waals surface area contributed by atoms with Gasteiger partial charge in [0.1, 0.15) is 12.4 Å². The molecule has 0 unspecified atom stereocenters. The molecule has 0 radical (unpaired) electrons. The minimum Gasteiger partial charge on any atom is -0.506 e. The normalized spacial score (nSPS) is 10.9. The number of aromatic nitrogens is 2. The van der Waals surface area contributed by atoms with Crippen molar-refractivity contribution in [2.45, 2.75) is 20.1 Å². The van der Waals surface area contributed by atoms with Crippen molar-refractivity contribution in [3.05, 3.63) is 69.6 Å². The number of aromatic hydroxyl groups is 1. The smallest absolute Gasteiger partial charge is 0.301 e. The first-order valence-electron chi connectivity index (χ1n) is 8.55. The Kier molecular flexibility index (Phi) is 5.87. The maximum Gasteiger partial charge on any atom is 0.301 e. The lowest BCUT2D eigenvalue weighted by molar-refractivity contribution is -0.300. The van der Waals surface area contributed by atoms with Crippen LogP contribution >= 0.6 is 0 Å². The number of hydrogen-bond acceptors (Lipinski definition) is 7. The van der Waals surface area contributed by atoms with Gasteiger partial charge in [0.2, 0.25) is 0 Å². The van der Waals surface area contributed by atoms with Crippen molar-refractivity contribution in [1.29, 1.82) is 0 Å². The van der Waals surface area contributed by atoms with Crippen molar-refractivity contribution in [2.75, 3.05) is 6.61 Å². The van der Waals surface area contributed by atoms with Crippen LogP contribution in [-0.2, 0) is 22.9 Å². The van der Waals surface area contributed by atoms with Crippen LogP contribution < -0.4 is 10.9 Å². The molecule has 0 aliphatic rings. The summed E-state index contributed by atoms with van der Waals surface area (Å²) < 4.78 is 0.236. The Morgan fingerprint density at radius 1 is 1.21 bits per heavy atom. The largest absolute Gasteiger partial charge is 0.506 e. The number of rotatable bonds is 7. The highest BCUT2D eigenvalue weighted by Crippen LogP contribution is 2.26. The maximum atomic E-state index is 12.5. The number of fused-ring (bicyclic) bond motifs is 1. The number of hydrogen-bond donors (Lipinski definition) is 3. The number of nitrogens with zero attached hydrogens (tertiary/aromatic N) is 2. The molecule has 0 saturated heterocycles. The molecule has 3 N–H and O–H groups in total. The number of amides is 1.